The molecule has 0 saturated carbocycles. The number of aromatic nitrogens is 2. The summed E-state index contributed by atoms with van der Waals surface area (Å²) < 4.78 is 0. The van der Waals surface area contributed by atoms with Crippen molar-refractivity contribution in [1.82, 2.24) is 14.9 Å². The van der Waals surface area contributed by atoms with Gasteiger partial charge in [-0.1, -0.05) is 12.1 Å². The molecule has 1 saturated heterocycles. The lowest BCUT2D eigenvalue weighted by Crippen LogP contribution is -2.30. The third-order valence-electron chi connectivity index (χ3n) is 3.73. The Balaban J connectivity index is 1.97. The second-order valence-electron chi connectivity index (χ2n) is 5.06. The van der Waals surface area contributed by atoms with Crippen LogP contribution >= 0.6 is 0 Å². The van der Waals surface area contributed by atoms with Crippen LogP contribution in [0.3, 0.4) is 0 Å². The van der Waals surface area contributed by atoms with E-state index in [2.05, 4.69) is 21.9 Å². The molecule has 1 aromatic heterocycles. The minimum Gasteiger partial charge on any atom is -0.383 e. The van der Waals surface area contributed by atoms with Gasteiger partial charge in [0.25, 0.3) is 0 Å². The quantitative estimate of drug-likeness (QED) is 0.831. The second-order valence-corrected chi connectivity index (χ2v) is 5.06. The highest BCUT2D eigenvalue weighted by Gasteiger charge is 2.21. The molecule has 0 bridgehead atoms. The van der Waals surface area contributed by atoms with E-state index in [9.17, 15) is 0 Å². The highest BCUT2D eigenvalue weighted by Crippen LogP contribution is 2.27. The first-order chi connectivity index (χ1) is 8.74. The van der Waals surface area contributed by atoms with Gasteiger partial charge in [0.1, 0.15) is 11.6 Å². The van der Waals surface area contributed by atoms with Crippen molar-refractivity contribution in [2.75, 3.05) is 25.9 Å². The molecule has 0 amide bonds. The summed E-state index contributed by atoms with van der Waals surface area (Å²) in [5.41, 5.74) is 6.99. The van der Waals surface area contributed by atoms with Gasteiger partial charge in [-0.2, -0.15) is 0 Å². The molecule has 1 aliphatic rings. The van der Waals surface area contributed by atoms with Crippen molar-refractivity contribution in [2.24, 2.45) is 0 Å². The fraction of sp³-hybridized carbons (Fsp3) is 0.429. The second kappa shape index (κ2) is 4.53. The number of benzene rings is 1. The van der Waals surface area contributed by atoms with Crippen LogP contribution in [0.15, 0.2) is 24.3 Å². The van der Waals surface area contributed by atoms with E-state index in [1.165, 1.54) is 0 Å². The van der Waals surface area contributed by atoms with E-state index in [0.29, 0.717) is 11.7 Å². The van der Waals surface area contributed by atoms with Crippen LogP contribution in [0.4, 0.5) is 5.82 Å². The number of para-hydroxylation sites is 1. The first-order valence-electron chi connectivity index (χ1n) is 6.45. The Labute approximate surface area is 107 Å². The maximum absolute atomic E-state index is 6.03. The van der Waals surface area contributed by atoms with Crippen LogP contribution in [0.25, 0.3) is 10.9 Å². The number of hydrogen-bond donors (Lipinski definition) is 1. The number of piperidine rings is 1. The van der Waals surface area contributed by atoms with Crippen molar-refractivity contribution in [3.63, 3.8) is 0 Å². The van der Waals surface area contributed by atoms with Gasteiger partial charge in [-0.15, -0.1) is 0 Å². The van der Waals surface area contributed by atoms with Gasteiger partial charge in [0.05, 0.1) is 5.52 Å². The molecular formula is C14H18N4. The number of nitrogens with zero attached hydrogens (tertiary/aromatic N) is 3. The summed E-state index contributed by atoms with van der Waals surface area (Å²) in [6.45, 7) is 2.22. The lowest BCUT2D eigenvalue weighted by Gasteiger charge is -2.28. The molecule has 1 aromatic carbocycles. The van der Waals surface area contributed by atoms with E-state index >= 15 is 0 Å². The first-order valence-corrected chi connectivity index (χ1v) is 6.45. The number of nitrogen functional groups attached to an aromatic ring is 1. The van der Waals surface area contributed by atoms with Crippen LogP contribution in [0.2, 0.25) is 0 Å². The van der Waals surface area contributed by atoms with Crippen molar-refractivity contribution in [3.05, 3.63) is 30.1 Å². The average Bonchev–Trinajstić information content (AvgIpc) is 2.39. The van der Waals surface area contributed by atoms with Gasteiger partial charge in [-0.25, -0.2) is 9.97 Å². The summed E-state index contributed by atoms with van der Waals surface area (Å²) >= 11 is 0. The molecule has 18 heavy (non-hydrogen) atoms. The van der Waals surface area contributed by atoms with Gasteiger partial charge in [0, 0.05) is 11.3 Å². The molecule has 2 heterocycles. The third kappa shape index (κ3) is 2.04. The number of likely N-dealkylation sites (tertiary alicyclic amines) is 1. The monoisotopic (exact) mass is 242 g/mol. The Morgan fingerprint density at radius 2 is 1.89 bits per heavy atom. The summed E-state index contributed by atoms with van der Waals surface area (Å²) in [5, 5.41) is 0.953. The molecule has 2 N–H and O–H groups in total. The van der Waals surface area contributed by atoms with Crippen molar-refractivity contribution in [2.45, 2.75) is 18.8 Å². The number of rotatable bonds is 1. The Bertz CT molecular complexity index is 559. The van der Waals surface area contributed by atoms with Crippen LogP contribution < -0.4 is 5.73 Å². The molecule has 2 aromatic rings. The van der Waals surface area contributed by atoms with E-state index in [1.54, 1.807) is 0 Å². The fourth-order valence-electron chi connectivity index (χ4n) is 2.57. The Morgan fingerprint density at radius 3 is 2.67 bits per heavy atom. The van der Waals surface area contributed by atoms with Crippen molar-refractivity contribution < 1.29 is 0 Å². The van der Waals surface area contributed by atoms with Crippen LogP contribution in [-0.4, -0.2) is 35.0 Å². The number of fused-ring (bicyclic) bond motifs is 1. The molecule has 0 spiro atoms. The minimum absolute atomic E-state index is 0.452. The number of hydrogen-bond acceptors (Lipinski definition) is 4. The minimum atomic E-state index is 0.452. The lowest BCUT2D eigenvalue weighted by atomic mass is 9.96. The molecular weight excluding hydrogens is 224 g/mol. The van der Waals surface area contributed by atoms with Crippen molar-refractivity contribution in [1.29, 1.82) is 0 Å². The lowest BCUT2D eigenvalue weighted by molar-refractivity contribution is 0.251. The third-order valence-corrected chi connectivity index (χ3v) is 3.73. The molecule has 1 aliphatic heterocycles. The molecule has 0 radical (unpaired) electrons. The number of nitrogens with two attached hydrogens (primary N) is 1. The van der Waals surface area contributed by atoms with Crippen LogP contribution in [0.1, 0.15) is 24.6 Å². The van der Waals surface area contributed by atoms with Gasteiger partial charge in [-0.3, -0.25) is 0 Å². The molecule has 1 fully saturated rings. The smallest absolute Gasteiger partial charge is 0.135 e. The predicted octanol–water partition coefficient (Wildman–Crippen LogP) is 2.02. The molecule has 0 aliphatic carbocycles. The van der Waals surface area contributed by atoms with Gasteiger partial charge in [-0.05, 0) is 45.1 Å². The molecule has 94 valence electrons. The van der Waals surface area contributed by atoms with Gasteiger partial charge >= 0.3 is 0 Å². The fourth-order valence-corrected chi connectivity index (χ4v) is 2.57. The van der Waals surface area contributed by atoms with Gasteiger partial charge in [0.2, 0.25) is 0 Å². The summed E-state index contributed by atoms with van der Waals surface area (Å²) in [6.07, 6.45) is 2.24. The molecule has 4 nitrogen and oxygen atoms in total. The van der Waals surface area contributed by atoms with Crippen LogP contribution in [0.5, 0.6) is 0 Å². The van der Waals surface area contributed by atoms with E-state index < -0.39 is 0 Å². The van der Waals surface area contributed by atoms with Crippen LogP contribution in [-0.2, 0) is 0 Å². The summed E-state index contributed by atoms with van der Waals surface area (Å²) in [7, 11) is 2.16. The summed E-state index contributed by atoms with van der Waals surface area (Å²) in [5.74, 6) is 1.97. The Morgan fingerprint density at radius 1 is 1.17 bits per heavy atom. The van der Waals surface area contributed by atoms with E-state index in [4.69, 9.17) is 5.73 Å². The van der Waals surface area contributed by atoms with Crippen LogP contribution in [0, 0.1) is 0 Å². The zero-order valence-electron chi connectivity index (χ0n) is 10.6. The first kappa shape index (κ1) is 11.4. The van der Waals surface area contributed by atoms with Crippen molar-refractivity contribution in [3.8, 4) is 0 Å². The summed E-state index contributed by atoms with van der Waals surface area (Å²) in [4.78, 5) is 11.5. The zero-order chi connectivity index (χ0) is 12.5. The zero-order valence-corrected chi connectivity index (χ0v) is 10.6. The molecule has 0 unspecified atom stereocenters. The maximum atomic E-state index is 6.03. The number of anilines is 1. The van der Waals surface area contributed by atoms with E-state index in [1.807, 2.05) is 24.3 Å². The topological polar surface area (TPSA) is 55.0 Å². The largest absolute Gasteiger partial charge is 0.383 e. The van der Waals surface area contributed by atoms with E-state index in [0.717, 1.165) is 42.7 Å². The molecule has 3 rings (SSSR count). The highest BCUT2D eigenvalue weighted by molar-refractivity contribution is 5.87. The predicted molar refractivity (Wildman–Crippen MR) is 73.4 cm³/mol. The molecule has 0 atom stereocenters. The Hall–Kier alpha value is -1.68. The normalized spacial score (nSPS) is 18.3. The highest BCUT2D eigenvalue weighted by atomic mass is 15.1. The van der Waals surface area contributed by atoms with Crippen molar-refractivity contribution >= 4 is 16.7 Å². The van der Waals surface area contributed by atoms with Gasteiger partial charge in [0.15, 0.2) is 0 Å². The summed E-state index contributed by atoms with van der Waals surface area (Å²) in [6, 6.07) is 7.94. The average molecular weight is 242 g/mol. The Kier molecular flexibility index (Phi) is 2.88. The van der Waals surface area contributed by atoms with Gasteiger partial charge < -0.3 is 10.6 Å². The SMILES string of the molecule is CN1CCC(c2nc(N)c3ccccc3n2)CC1. The maximum Gasteiger partial charge on any atom is 0.135 e. The van der Waals surface area contributed by atoms with E-state index in [-0.39, 0.29) is 0 Å². The standard InChI is InChI=1S/C14H18N4/c1-18-8-6-10(7-9-18)14-16-12-5-3-2-4-11(12)13(15)17-14/h2-5,10H,6-9H2,1H3,(H2,15,16,17). The molecule has 4 heteroatoms.